The van der Waals surface area contributed by atoms with Crippen molar-refractivity contribution in [3.8, 4) is 0 Å². The van der Waals surface area contributed by atoms with Gasteiger partial charge in [0.2, 0.25) is 0 Å². The zero-order valence-corrected chi connectivity index (χ0v) is 9.35. The minimum absolute atomic E-state index is 0.0312. The molecule has 1 rings (SSSR count). The molecule has 0 atom stereocenters. The number of hydrogen-bond acceptors (Lipinski definition) is 2. The largest absolute Gasteiger partial charge is 0.346 e. The SMILES string of the molecule is CCC1(CC)OCOC1(CC)CC. The molecule has 2 nitrogen and oxygen atoms in total. The summed E-state index contributed by atoms with van der Waals surface area (Å²) in [4.78, 5) is 0. The van der Waals surface area contributed by atoms with Gasteiger partial charge in [0, 0.05) is 0 Å². The smallest absolute Gasteiger partial charge is 0.148 e. The lowest BCUT2D eigenvalue weighted by atomic mass is 9.75. The average Bonchev–Trinajstić information content (AvgIpc) is 2.57. The van der Waals surface area contributed by atoms with Crippen molar-refractivity contribution in [1.82, 2.24) is 0 Å². The Balaban J connectivity index is 2.92. The third-order valence-electron chi connectivity index (χ3n) is 3.79. The van der Waals surface area contributed by atoms with E-state index in [0.29, 0.717) is 6.79 Å². The van der Waals surface area contributed by atoms with E-state index in [1.165, 1.54) is 0 Å². The van der Waals surface area contributed by atoms with Crippen molar-refractivity contribution < 1.29 is 9.47 Å². The summed E-state index contributed by atoms with van der Waals surface area (Å²) in [6.45, 7) is 9.25. The van der Waals surface area contributed by atoms with Gasteiger partial charge in [0.1, 0.15) is 6.79 Å². The molecule has 1 fully saturated rings. The Bertz CT molecular complexity index is 139. The molecular weight excluding hydrogens is 164 g/mol. The van der Waals surface area contributed by atoms with Crippen molar-refractivity contribution in [3.63, 3.8) is 0 Å². The van der Waals surface area contributed by atoms with E-state index in [9.17, 15) is 0 Å². The highest BCUT2D eigenvalue weighted by atomic mass is 16.7. The quantitative estimate of drug-likeness (QED) is 0.671. The molecule has 1 aliphatic rings. The Hall–Kier alpha value is -0.0800. The van der Waals surface area contributed by atoms with Crippen molar-refractivity contribution in [2.24, 2.45) is 0 Å². The predicted octanol–water partition coefficient (Wildman–Crippen LogP) is 3.11. The van der Waals surface area contributed by atoms with Gasteiger partial charge in [0.15, 0.2) is 0 Å². The van der Waals surface area contributed by atoms with Crippen LogP contribution in [0.2, 0.25) is 0 Å². The number of rotatable bonds is 4. The minimum Gasteiger partial charge on any atom is -0.346 e. The summed E-state index contributed by atoms with van der Waals surface area (Å²) in [5.41, 5.74) is -0.0625. The van der Waals surface area contributed by atoms with Gasteiger partial charge in [0.05, 0.1) is 11.2 Å². The maximum atomic E-state index is 5.81. The van der Waals surface area contributed by atoms with Gasteiger partial charge in [-0.25, -0.2) is 0 Å². The van der Waals surface area contributed by atoms with Crippen molar-refractivity contribution in [3.05, 3.63) is 0 Å². The van der Waals surface area contributed by atoms with E-state index in [2.05, 4.69) is 27.7 Å². The zero-order valence-electron chi connectivity index (χ0n) is 9.35. The van der Waals surface area contributed by atoms with Crippen LogP contribution in [0.15, 0.2) is 0 Å². The summed E-state index contributed by atoms with van der Waals surface area (Å²) in [6.07, 6.45) is 4.19. The van der Waals surface area contributed by atoms with E-state index < -0.39 is 0 Å². The van der Waals surface area contributed by atoms with Crippen LogP contribution >= 0.6 is 0 Å². The maximum Gasteiger partial charge on any atom is 0.148 e. The van der Waals surface area contributed by atoms with Gasteiger partial charge in [0.25, 0.3) is 0 Å². The summed E-state index contributed by atoms with van der Waals surface area (Å²) in [6, 6.07) is 0. The van der Waals surface area contributed by atoms with E-state index in [1.54, 1.807) is 0 Å². The molecule has 13 heavy (non-hydrogen) atoms. The Kier molecular flexibility index (Phi) is 3.36. The normalized spacial score (nSPS) is 24.9. The average molecular weight is 186 g/mol. The highest BCUT2D eigenvalue weighted by molar-refractivity contribution is 5.02. The van der Waals surface area contributed by atoms with Crippen LogP contribution in [-0.2, 0) is 9.47 Å². The van der Waals surface area contributed by atoms with Crippen LogP contribution in [0.3, 0.4) is 0 Å². The van der Waals surface area contributed by atoms with Gasteiger partial charge in [-0.15, -0.1) is 0 Å². The van der Waals surface area contributed by atoms with Crippen LogP contribution in [0.5, 0.6) is 0 Å². The molecule has 78 valence electrons. The Morgan fingerprint density at radius 3 is 1.31 bits per heavy atom. The molecule has 0 aromatic rings. The van der Waals surface area contributed by atoms with Crippen molar-refractivity contribution in [2.45, 2.75) is 64.6 Å². The molecule has 1 heterocycles. The summed E-state index contributed by atoms with van der Waals surface area (Å²) in [5.74, 6) is 0. The summed E-state index contributed by atoms with van der Waals surface area (Å²) in [7, 11) is 0. The molecule has 0 radical (unpaired) electrons. The monoisotopic (exact) mass is 186 g/mol. The number of ether oxygens (including phenoxy) is 2. The van der Waals surface area contributed by atoms with Gasteiger partial charge < -0.3 is 9.47 Å². The standard InChI is InChI=1S/C11H22O2/c1-5-10(6-2)11(7-3,8-4)13-9-12-10/h5-9H2,1-4H3. The molecule has 0 aromatic carbocycles. The molecule has 0 N–H and O–H groups in total. The van der Waals surface area contributed by atoms with Gasteiger partial charge in [-0.05, 0) is 25.7 Å². The lowest BCUT2D eigenvalue weighted by Crippen LogP contribution is -2.50. The van der Waals surface area contributed by atoms with Crippen molar-refractivity contribution in [2.75, 3.05) is 6.79 Å². The van der Waals surface area contributed by atoms with Crippen LogP contribution in [-0.4, -0.2) is 18.0 Å². The van der Waals surface area contributed by atoms with E-state index in [1.807, 2.05) is 0 Å². The first-order valence-corrected chi connectivity index (χ1v) is 5.48. The fraction of sp³-hybridized carbons (Fsp3) is 1.00. The molecule has 0 unspecified atom stereocenters. The molecule has 0 saturated carbocycles. The topological polar surface area (TPSA) is 18.5 Å². The van der Waals surface area contributed by atoms with Crippen molar-refractivity contribution in [1.29, 1.82) is 0 Å². The van der Waals surface area contributed by atoms with Gasteiger partial charge in [-0.1, -0.05) is 27.7 Å². The fourth-order valence-corrected chi connectivity index (χ4v) is 2.72. The summed E-state index contributed by atoms with van der Waals surface area (Å²) >= 11 is 0. The second-order valence-electron chi connectivity index (χ2n) is 3.81. The molecular formula is C11H22O2. The summed E-state index contributed by atoms with van der Waals surface area (Å²) < 4.78 is 11.6. The lowest BCUT2D eigenvalue weighted by Gasteiger charge is -2.41. The third-order valence-corrected chi connectivity index (χ3v) is 3.79. The first-order valence-electron chi connectivity index (χ1n) is 5.48. The van der Waals surface area contributed by atoms with Crippen LogP contribution < -0.4 is 0 Å². The van der Waals surface area contributed by atoms with Gasteiger partial charge in [-0.2, -0.15) is 0 Å². The lowest BCUT2D eigenvalue weighted by molar-refractivity contribution is -0.0601. The molecule has 0 amide bonds. The van der Waals surface area contributed by atoms with Crippen molar-refractivity contribution >= 4 is 0 Å². The Morgan fingerprint density at radius 2 is 1.08 bits per heavy atom. The molecule has 0 bridgehead atoms. The van der Waals surface area contributed by atoms with E-state index >= 15 is 0 Å². The molecule has 0 aromatic heterocycles. The Labute approximate surface area is 81.6 Å². The molecule has 1 saturated heterocycles. The van der Waals surface area contributed by atoms with E-state index in [0.717, 1.165) is 25.7 Å². The van der Waals surface area contributed by atoms with Crippen LogP contribution in [0.1, 0.15) is 53.4 Å². The van der Waals surface area contributed by atoms with Crippen LogP contribution in [0.4, 0.5) is 0 Å². The maximum absolute atomic E-state index is 5.81. The van der Waals surface area contributed by atoms with E-state index in [-0.39, 0.29) is 11.2 Å². The second kappa shape index (κ2) is 3.97. The van der Waals surface area contributed by atoms with Gasteiger partial charge in [-0.3, -0.25) is 0 Å². The predicted molar refractivity (Wildman–Crippen MR) is 53.7 cm³/mol. The highest BCUT2D eigenvalue weighted by Crippen LogP contribution is 2.45. The van der Waals surface area contributed by atoms with Crippen LogP contribution in [0, 0.1) is 0 Å². The molecule has 1 aliphatic heterocycles. The first kappa shape index (κ1) is 11.0. The first-order chi connectivity index (χ1) is 6.20. The second-order valence-corrected chi connectivity index (χ2v) is 3.81. The number of hydrogen-bond donors (Lipinski definition) is 0. The zero-order chi connectivity index (χ0) is 9.95. The summed E-state index contributed by atoms with van der Waals surface area (Å²) in [5, 5.41) is 0. The molecule has 0 aliphatic carbocycles. The molecule has 0 spiro atoms. The van der Waals surface area contributed by atoms with Gasteiger partial charge >= 0.3 is 0 Å². The van der Waals surface area contributed by atoms with Crippen LogP contribution in [0.25, 0.3) is 0 Å². The highest BCUT2D eigenvalue weighted by Gasteiger charge is 2.53. The Morgan fingerprint density at radius 1 is 0.769 bits per heavy atom. The van der Waals surface area contributed by atoms with E-state index in [4.69, 9.17) is 9.47 Å². The minimum atomic E-state index is -0.0312. The third kappa shape index (κ3) is 1.40. The molecule has 2 heteroatoms. The fourth-order valence-electron chi connectivity index (χ4n) is 2.72.